The van der Waals surface area contributed by atoms with Gasteiger partial charge in [-0.3, -0.25) is 0 Å². The van der Waals surface area contributed by atoms with Gasteiger partial charge < -0.3 is 10.3 Å². The van der Waals surface area contributed by atoms with Crippen LogP contribution in [0.3, 0.4) is 0 Å². The molecular weight excluding hydrogens is 238 g/mol. The summed E-state index contributed by atoms with van der Waals surface area (Å²) in [6.07, 6.45) is 0.865. The zero-order valence-electron chi connectivity index (χ0n) is 10.2. The maximum absolute atomic E-state index is 13.8. The van der Waals surface area contributed by atoms with E-state index in [1.807, 2.05) is 6.92 Å². The third-order valence-electron chi connectivity index (χ3n) is 2.71. The molecule has 0 unspecified atom stereocenters. The van der Waals surface area contributed by atoms with Crippen LogP contribution in [-0.4, -0.2) is 14.8 Å². The van der Waals surface area contributed by atoms with Crippen LogP contribution in [0.15, 0.2) is 12.1 Å². The molecule has 18 heavy (non-hydrogen) atoms. The molecule has 0 radical (unpaired) electrons. The molecule has 1 aromatic carbocycles. The fourth-order valence-electron chi connectivity index (χ4n) is 1.81. The van der Waals surface area contributed by atoms with Crippen LogP contribution in [0, 0.1) is 18.6 Å². The van der Waals surface area contributed by atoms with Gasteiger partial charge in [0, 0.05) is 12.6 Å². The average molecular weight is 252 g/mol. The van der Waals surface area contributed by atoms with Crippen molar-refractivity contribution in [3.63, 3.8) is 0 Å². The Morgan fingerprint density at radius 2 is 1.94 bits per heavy atom. The predicted octanol–water partition coefficient (Wildman–Crippen LogP) is 2.52. The number of hydrogen-bond donors (Lipinski definition) is 1. The Morgan fingerprint density at radius 1 is 1.22 bits per heavy atom. The molecule has 0 aliphatic heterocycles. The molecule has 0 spiro atoms. The summed E-state index contributed by atoms with van der Waals surface area (Å²) in [6.45, 7) is 4.46. The number of rotatable bonds is 3. The number of benzene rings is 1. The summed E-state index contributed by atoms with van der Waals surface area (Å²) in [7, 11) is 0. The molecule has 0 saturated heterocycles. The van der Waals surface area contributed by atoms with Crippen molar-refractivity contribution in [2.75, 3.05) is 5.73 Å². The summed E-state index contributed by atoms with van der Waals surface area (Å²) in [4.78, 5) is 0. The standard InChI is InChI=1S/C12H14F2N4/c1-3-4-18-7(2)16-17-12(18)8-5-11(15)10(14)6-9(8)13/h5-6H,3-4,15H2,1-2H3. The Bertz CT molecular complexity index is 578. The molecule has 2 aromatic rings. The van der Waals surface area contributed by atoms with Crippen molar-refractivity contribution < 1.29 is 8.78 Å². The van der Waals surface area contributed by atoms with Gasteiger partial charge in [0.15, 0.2) is 5.82 Å². The van der Waals surface area contributed by atoms with Crippen molar-refractivity contribution in [2.24, 2.45) is 0 Å². The highest BCUT2D eigenvalue weighted by Crippen LogP contribution is 2.26. The van der Waals surface area contributed by atoms with E-state index in [1.54, 1.807) is 11.5 Å². The highest BCUT2D eigenvalue weighted by atomic mass is 19.1. The van der Waals surface area contributed by atoms with Gasteiger partial charge in [0.2, 0.25) is 0 Å². The smallest absolute Gasteiger partial charge is 0.166 e. The number of anilines is 1. The van der Waals surface area contributed by atoms with Crippen molar-refractivity contribution in [3.05, 3.63) is 29.6 Å². The first-order valence-electron chi connectivity index (χ1n) is 5.69. The van der Waals surface area contributed by atoms with Crippen LogP contribution in [0.4, 0.5) is 14.5 Å². The first-order valence-corrected chi connectivity index (χ1v) is 5.69. The van der Waals surface area contributed by atoms with E-state index in [2.05, 4.69) is 10.2 Å². The van der Waals surface area contributed by atoms with Gasteiger partial charge in [-0.25, -0.2) is 8.78 Å². The highest BCUT2D eigenvalue weighted by Gasteiger charge is 2.16. The van der Waals surface area contributed by atoms with Crippen LogP contribution < -0.4 is 5.73 Å². The number of nitrogens with two attached hydrogens (primary N) is 1. The lowest BCUT2D eigenvalue weighted by atomic mass is 10.1. The Morgan fingerprint density at radius 3 is 2.61 bits per heavy atom. The second-order valence-electron chi connectivity index (χ2n) is 4.08. The summed E-state index contributed by atoms with van der Waals surface area (Å²) >= 11 is 0. The zero-order valence-corrected chi connectivity index (χ0v) is 10.2. The van der Waals surface area contributed by atoms with Crippen molar-refractivity contribution in [1.82, 2.24) is 14.8 Å². The normalized spacial score (nSPS) is 10.9. The third kappa shape index (κ3) is 2.05. The van der Waals surface area contributed by atoms with E-state index < -0.39 is 11.6 Å². The molecule has 0 aliphatic rings. The van der Waals surface area contributed by atoms with Crippen LogP contribution >= 0.6 is 0 Å². The van der Waals surface area contributed by atoms with Gasteiger partial charge in [0.05, 0.1) is 11.3 Å². The van der Waals surface area contributed by atoms with Crippen LogP contribution in [0.5, 0.6) is 0 Å². The second kappa shape index (κ2) is 4.72. The molecular formula is C12H14F2N4. The van der Waals surface area contributed by atoms with E-state index >= 15 is 0 Å². The molecule has 4 nitrogen and oxygen atoms in total. The fourth-order valence-corrected chi connectivity index (χ4v) is 1.81. The molecule has 2 rings (SSSR count). The summed E-state index contributed by atoms with van der Waals surface area (Å²) < 4.78 is 28.7. The summed E-state index contributed by atoms with van der Waals surface area (Å²) in [5, 5.41) is 7.85. The maximum atomic E-state index is 13.8. The van der Waals surface area contributed by atoms with Gasteiger partial charge in [0.1, 0.15) is 17.5 Å². The van der Waals surface area contributed by atoms with Crippen LogP contribution in [-0.2, 0) is 6.54 Å². The number of halogens is 2. The van der Waals surface area contributed by atoms with E-state index in [9.17, 15) is 8.78 Å². The van der Waals surface area contributed by atoms with Crippen molar-refractivity contribution >= 4 is 5.69 Å². The lowest BCUT2D eigenvalue weighted by Gasteiger charge is -2.08. The van der Waals surface area contributed by atoms with E-state index in [1.165, 1.54) is 6.07 Å². The van der Waals surface area contributed by atoms with E-state index in [-0.39, 0.29) is 11.3 Å². The van der Waals surface area contributed by atoms with Gasteiger partial charge in [-0.15, -0.1) is 10.2 Å². The fraction of sp³-hybridized carbons (Fsp3) is 0.333. The van der Waals surface area contributed by atoms with E-state index in [0.29, 0.717) is 18.2 Å². The molecule has 1 heterocycles. The Balaban J connectivity index is 2.58. The molecule has 0 saturated carbocycles. The number of aromatic nitrogens is 3. The van der Waals surface area contributed by atoms with Crippen molar-refractivity contribution in [1.29, 1.82) is 0 Å². The van der Waals surface area contributed by atoms with Gasteiger partial charge in [0.25, 0.3) is 0 Å². The average Bonchev–Trinajstić information content (AvgIpc) is 2.67. The summed E-state index contributed by atoms with van der Waals surface area (Å²) in [5.41, 5.74) is 5.53. The van der Waals surface area contributed by atoms with E-state index in [4.69, 9.17) is 5.73 Å². The summed E-state index contributed by atoms with van der Waals surface area (Å²) in [6, 6.07) is 2.02. The molecule has 1 aromatic heterocycles. The quantitative estimate of drug-likeness (QED) is 0.854. The Kier molecular flexibility index (Phi) is 3.27. The minimum atomic E-state index is -0.769. The van der Waals surface area contributed by atoms with Crippen LogP contribution in [0.25, 0.3) is 11.4 Å². The SMILES string of the molecule is CCCn1c(C)nnc1-c1cc(N)c(F)cc1F. The number of aryl methyl sites for hydroxylation is 1. The zero-order chi connectivity index (χ0) is 13.3. The van der Waals surface area contributed by atoms with E-state index in [0.717, 1.165) is 12.5 Å². The third-order valence-corrected chi connectivity index (χ3v) is 2.71. The highest BCUT2D eigenvalue weighted by molar-refractivity contribution is 5.62. The minimum absolute atomic E-state index is 0.102. The summed E-state index contributed by atoms with van der Waals surface area (Å²) in [5.74, 6) is -0.395. The molecule has 0 atom stereocenters. The molecule has 0 amide bonds. The molecule has 0 aliphatic carbocycles. The van der Waals surface area contributed by atoms with Crippen LogP contribution in [0.1, 0.15) is 19.2 Å². The molecule has 96 valence electrons. The second-order valence-corrected chi connectivity index (χ2v) is 4.08. The topological polar surface area (TPSA) is 56.7 Å². The number of nitrogens with zero attached hydrogens (tertiary/aromatic N) is 3. The molecule has 2 N–H and O–H groups in total. The lowest BCUT2D eigenvalue weighted by Crippen LogP contribution is -2.04. The van der Waals surface area contributed by atoms with Crippen molar-refractivity contribution in [3.8, 4) is 11.4 Å². The van der Waals surface area contributed by atoms with Gasteiger partial charge in [-0.1, -0.05) is 6.92 Å². The van der Waals surface area contributed by atoms with Gasteiger partial charge >= 0.3 is 0 Å². The largest absolute Gasteiger partial charge is 0.396 e. The Labute approximate surface area is 103 Å². The number of hydrogen-bond acceptors (Lipinski definition) is 3. The maximum Gasteiger partial charge on any atom is 0.166 e. The van der Waals surface area contributed by atoms with Gasteiger partial charge in [-0.05, 0) is 19.4 Å². The molecule has 6 heteroatoms. The first kappa shape index (κ1) is 12.5. The van der Waals surface area contributed by atoms with Crippen molar-refractivity contribution in [2.45, 2.75) is 26.8 Å². The predicted molar refractivity (Wildman–Crippen MR) is 64.8 cm³/mol. The minimum Gasteiger partial charge on any atom is -0.396 e. The Hall–Kier alpha value is -1.98. The number of nitrogen functional groups attached to an aromatic ring is 1. The monoisotopic (exact) mass is 252 g/mol. The molecule has 0 fully saturated rings. The lowest BCUT2D eigenvalue weighted by molar-refractivity contribution is 0.585. The first-order chi connectivity index (χ1) is 8.54. The van der Waals surface area contributed by atoms with Gasteiger partial charge in [-0.2, -0.15) is 0 Å². The molecule has 0 bridgehead atoms. The van der Waals surface area contributed by atoms with Crippen LogP contribution in [0.2, 0.25) is 0 Å².